The molecule has 2 N–H and O–H groups in total. The highest BCUT2D eigenvalue weighted by atomic mass is 127. The minimum Gasteiger partial charge on any atom is -0.442 e. The lowest BCUT2D eigenvalue weighted by Gasteiger charge is -2.31. The predicted molar refractivity (Wildman–Crippen MR) is 139 cm³/mol. The molecule has 11 heteroatoms. The van der Waals surface area contributed by atoms with E-state index in [0.29, 0.717) is 31.6 Å². The van der Waals surface area contributed by atoms with E-state index in [1.165, 1.54) is 22.7 Å². The zero-order valence-corrected chi connectivity index (χ0v) is 21.5. The van der Waals surface area contributed by atoms with Crippen LogP contribution in [0, 0.1) is 0 Å². The Balaban J connectivity index is 1.45. The Labute approximate surface area is 214 Å². The number of anilines is 3. The number of alkyl halides is 1. The van der Waals surface area contributed by atoms with E-state index in [4.69, 9.17) is 16.3 Å². The van der Waals surface area contributed by atoms with Gasteiger partial charge in [0.2, 0.25) is 5.91 Å². The summed E-state index contributed by atoms with van der Waals surface area (Å²) in [6.07, 6.45) is 2.48. The molecule has 1 unspecified atom stereocenters. The maximum atomic E-state index is 12.6. The van der Waals surface area contributed by atoms with Gasteiger partial charge in [-0.25, -0.2) is 4.79 Å². The van der Waals surface area contributed by atoms with E-state index >= 15 is 0 Å². The summed E-state index contributed by atoms with van der Waals surface area (Å²) in [6.45, 7) is 2.37. The van der Waals surface area contributed by atoms with Gasteiger partial charge in [-0.05, 0) is 49.6 Å². The fourth-order valence-corrected chi connectivity index (χ4v) is 5.11. The molecule has 8 nitrogen and oxygen atoms in total. The molecule has 0 radical (unpaired) electrons. The summed E-state index contributed by atoms with van der Waals surface area (Å²) in [6, 6.07) is 8.97. The minimum absolute atomic E-state index is 0.0933. The Hall–Kier alpha value is -2.05. The topological polar surface area (TPSA) is 91.0 Å². The van der Waals surface area contributed by atoms with Crippen molar-refractivity contribution < 1.29 is 19.1 Å². The number of halogens is 2. The number of nitrogens with zero attached hydrogens (tertiary/aromatic N) is 2. The van der Waals surface area contributed by atoms with Gasteiger partial charge in [0.15, 0.2) is 0 Å². The number of amides is 3. The molecule has 2 saturated heterocycles. The van der Waals surface area contributed by atoms with E-state index in [2.05, 4.69) is 15.5 Å². The molecular formula is C22H24ClIN4O4S. The number of carbonyl (C=O) groups excluding carboxylic acids is 3. The van der Waals surface area contributed by atoms with Crippen molar-refractivity contribution in [3.63, 3.8) is 0 Å². The van der Waals surface area contributed by atoms with E-state index < -0.39 is 12.2 Å². The van der Waals surface area contributed by atoms with Crippen LogP contribution in [-0.4, -0.2) is 54.6 Å². The van der Waals surface area contributed by atoms with Gasteiger partial charge in [0.25, 0.3) is 5.91 Å². The number of benzene rings is 1. The molecule has 2 aliphatic rings. The van der Waals surface area contributed by atoms with E-state index in [0.717, 1.165) is 31.6 Å². The SMILES string of the molecule is O=C(CI)Nc1cc(N2CC(CNC(=O)c3ccc(Cl)s3)OC2=O)ccc1N1CCCCC1. The van der Waals surface area contributed by atoms with Gasteiger partial charge in [-0.15, -0.1) is 11.3 Å². The van der Waals surface area contributed by atoms with Crippen molar-refractivity contribution in [3.8, 4) is 0 Å². The first-order valence-corrected chi connectivity index (χ1v) is 13.4. The average Bonchev–Trinajstić information content (AvgIpc) is 3.43. The lowest BCUT2D eigenvalue weighted by Crippen LogP contribution is -2.34. The molecule has 1 aromatic carbocycles. The molecule has 2 aromatic rings. The van der Waals surface area contributed by atoms with Crippen molar-refractivity contribution in [1.29, 1.82) is 0 Å². The Bertz CT molecular complexity index is 1040. The average molecular weight is 603 g/mol. The molecule has 4 rings (SSSR count). The van der Waals surface area contributed by atoms with Gasteiger partial charge in [-0.3, -0.25) is 14.5 Å². The van der Waals surface area contributed by atoms with Crippen LogP contribution in [0.25, 0.3) is 0 Å². The van der Waals surface area contributed by atoms with Crippen molar-refractivity contribution in [1.82, 2.24) is 5.32 Å². The Morgan fingerprint density at radius 2 is 1.97 bits per heavy atom. The molecule has 0 bridgehead atoms. The van der Waals surface area contributed by atoms with Crippen LogP contribution in [0.15, 0.2) is 30.3 Å². The summed E-state index contributed by atoms with van der Waals surface area (Å²) >= 11 is 9.11. The first-order valence-electron chi connectivity index (χ1n) is 10.7. The number of nitrogens with one attached hydrogen (secondary N) is 2. The third kappa shape index (κ3) is 5.90. The van der Waals surface area contributed by atoms with Crippen LogP contribution in [-0.2, 0) is 9.53 Å². The van der Waals surface area contributed by atoms with E-state index in [1.54, 1.807) is 12.1 Å². The highest BCUT2D eigenvalue weighted by Gasteiger charge is 2.33. The number of ether oxygens (including phenoxy) is 1. The number of rotatable bonds is 7. The van der Waals surface area contributed by atoms with Gasteiger partial charge in [0.05, 0.1) is 38.1 Å². The molecule has 3 amide bonds. The van der Waals surface area contributed by atoms with Crippen LogP contribution in [0.3, 0.4) is 0 Å². The normalized spacial score (nSPS) is 18.2. The van der Waals surface area contributed by atoms with Crippen molar-refractivity contribution in [2.45, 2.75) is 25.4 Å². The Kier molecular flexibility index (Phi) is 7.97. The molecule has 0 aliphatic carbocycles. The molecule has 2 fully saturated rings. The van der Waals surface area contributed by atoms with Gasteiger partial charge in [0.1, 0.15) is 6.10 Å². The maximum Gasteiger partial charge on any atom is 0.414 e. The Morgan fingerprint density at radius 3 is 2.67 bits per heavy atom. The summed E-state index contributed by atoms with van der Waals surface area (Å²) in [5, 5.41) is 5.76. The van der Waals surface area contributed by atoms with Crippen LogP contribution in [0.2, 0.25) is 4.34 Å². The van der Waals surface area contributed by atoms with Crippen molar-refractivity contribution in [2.24, 2.45) is 0 Å². The van der Waals surface area contributed by atoms with Gasteiger partial charge in [0, 0.05) is 18.8 Å². The highest BCUT2D eigenvalue weighted by molar-refractivity contribution is 14.1. The number of hydrogen-bond donors (Lipinski definition) is 2. The zero-order chi connectivity index (χ0) is 23.4. The van der Waals surface area contributed by atoms with E-state index in [9.17, 15) is 14.4 Å². The van der Waals surface area contributed by atoms with E-state index in [1.807, 2.05) is 40.8 Å². The second kappa shape index (κ2) is 10.9. The van der Waals surface area contributed by atoms with Gasteiger partial charge in [-0.2, -0.15) is 0 Å². The van der Waals surface area contributed by atoms with Crippen LogP contribution >= 0.6 is 45.5 Å². The number of hydrogen-bond acceptors (Lipinski definition) is 6. The fourth-order valence-electron chi connectivity index (χ4n) is 3.95. The summed E-state index contributed by atoms with van der Waals surface area (Å²) < 4.78 is 6.34. The first kappa shape index (κ1) is 24.1. The summed E-state index contributed by atoms with van der Waals surface area (Å²) in [5.41, 5.74) is 2.29. The number of thiophene rings is 1. The van der Waals surface area contributed by atoms with Crippen LogP contribution in [0.4, 0.5) is 21.9 Å². The standard InChI is InChI=1S/C22H24ClIN4O4S/c23-19-7-6-18(33-19)21(30)25-12-15-13-28(22(31)32-15)14-4-5-17(27-8-2-1-3-9-27)16(10-14)26-20(29)11-24/h4-7,10,15H,1-3,8-9,11-13H2,(H,25,30)(H,26,29). The van der Waals surface area contributed by atoms with Gasteiger partial charge >= 0.3 is 6.09 Å². The van der Waals surface area contributed by atoms with Gasteiger partial charge in [-0.1, -0.05) is 34.2 Å². The van der Waals surface area contributed by atoms with Crippen LogP contribution in [0.1, 0.15) is 28.9 Å². The maximum absolute atomic E-state index is 12.6. The largest absolute Gasteiger partial charge is 0.442 e. The van der Waals surface area contributed by atoms with Crippen molar-refractivity contribution in [3.05, 3.63) is 39.5 Å². The number of piperidine rings is 1. The molecular weight excluding hydrogens is 579 g/mol. The quantitative estimate of drug-likeness (QED) is 0.359. The predicted octanol–water partition coefficient (Wildman–Crippen LogP) is 4.52. The molecule has 176 valence electrons. The third-order valence-corrected chi connectivity index (χ3v) is 7.47. The number of carbonyl (C=O) groups is 3. The molecule has 2 aliphatic heterocycles. The van der Waals surface area contributed by atoms with Gasteiger partial charge < -0.3 is 20.3 Å². The lowest BCUT2D eigenvalue weighted by molar-refractivity contribution is -0.113. The summed E-state index contributed by atoms with van der Waals surface area (Å²) in [4.78, 5) is 41.3. The smallest absolute Gasteiger partial charge is 0.414 e. The zero-order valence-electron chi connectivity index (χ0n) is 17.8. The summed E-state index contributed by atoms with van der Waals surface area (Å²) in [5.74, 6) is -0.347. The second-order valence-electron chi connectivity index (χ2n) is 7.86. The van der Waals surface area contributed by atoms with Crippen molar-refractivity contribution >= 4 is 80.5 Å². The Morgan fingerprint density at radius 1 is 1.18 bits per heavy atom. The highest BCUT2D eigenvalue weighted by Crippen LogP contribution is 2.34. The number of cyclic esters (lactones) is 1. The third-order valence-electron chi connectivity index (χ3n) is 5.55. The van der Waals surface area contributed by atoms with E-state index in [-0.39, 0.29) is 18.4 Å². The molecule has 0 saturated carbocycles. The minimum atomic E-state index is -0.481. The van der Waals surface area contributed by atoms with Crippen LogP contribution in [0.5, 0.6) is 0 Å². The fraction of sp³-hybridized carbons (Fsp3) is 0.409. The van der Waals surface area contributed by atoms with Crippen molar-refractivity contribution in [2.75, 3.05) is 45.7 Å². The lowest BCUT2D eigenvalue weighted by atomic mass is 10.1. The molecule has 3 heterocycles. The van der Waals surface area contributed by atoms with Crippen LogP contribution < -0.4 is 20.4 Å². The molecule has 33 heavy (non-hydrogen) atoms. The second-order valence-corrected chi connectivity index (χ2v) is 10.3. The molecule has 1 atom stereocenters. The monoisotopic (exact) mass is 602 g/mol. The molecule has 0 spiro atoms. The first-order chi connectivity index (χ1) is 15.9. The summed E-state index contributed by atoms with van der Waals surface area (Å²) in [7, 11) is 0. The molecule has 1 aromatic heterocycles.